The van der Waals surface area contributed by atoms with Gasteiger partial charge in [-0.3, -0.25) is 9.59 Å². The highest BCUT2D eigenvalue weighted by Crippen LogP contribution is 2.26. The van der Waals surface area contributed by atoms with Crippen LogP contribution in [0.3, 0.4) is 0 Å². The van der Waals surface area contributed by atoms with Crippen molar-refractivity contribution in [3.05, 3.63) is 52.4 Å². The minimum absolute atomic E-state index is 0.0372. The molecule has 1 aromatic carbocycles. The second kappa shape index (κ2) is 7.97. The third-order valence-corrected chi connectivity index (χ3v) is 3.53. The standard InChI is InChI=1S/C17H19ClN2O4/c1-10(2)23-16(21)9-14(12-6-4-5-7-13(12)18)19-17(22)15-8-11(3)24-20-15/h4-8,10,14H,9H2,1-3H3,(H,19,22)/t14-/m0/s1. The third kappa shape index (κ3) is 4.83. The van der Waals surface area contributed by atoms with Crippen LogP contribution in [0.15, 0.2) is 34.9 Å². The summed E-state index contributed by atoms with van der Waals surface area (Å²) in [5, 5.41) is 6.89. The Morgan fingerprint density at radius 3 is 2.62 bits per heavy atom. The molecule has 2 rings (SSSR count). The number of hydrogen-bond acceptors (Lipinski definition) is 5. The first-order chi connectivity index (χ1) is 11.4. The van der Waals surface area contributed by atoms with Crippen molar-refractivity contribution in [2.24, 2.45) is 0 Å². The Labute approximate surface area is 145 Å². The molecular formula is C17H19ClN2O4. The molecule has 6 nitrogen and oxygen atoms in total. The Kier molecular flexibility index (Phi) is 5.98. The molecule has 1 N–H and O–H groups in total. The number of nitrogens with one attached hydrogen (secondary N) is 1. The van der Waals surface area contributed by atoms with Gasteiger partial charge in [0.2, 0.25) is 0 Å². The van der Waals surface area contributed by atoms with Gasteiger partial charge in [-0.25, -0.2) is 0 Å². The minimum atomic E-state index is -0.630. The Hall–Kier alpha value is -2.34. The summed E-state index contributed by atoms with van der Waals surface area (Å²) in [6.45, 7) is 5.22. The predicted molar refractivity (Wildman–Crippen MR) is 88.7 cm³/mol. The molecule has 1 atom stereocenters. The number of amides is 1. The summed E-state index contributed by atoms with van der Waals surface area (Å²) in [4.78, 5) is 24.3. The fourth-order valence-corrected chi connectivity index (χ4v) is 2.45. The van der Waals surface area contributed by atoms with E-state index in [4.69, 9.17) is 20.9 Å². The quantitative estimate of drug-likeness (QED) is 0.807. The molecule has 0 aliphatic heterocycles. The number of aryl methyl sites for hydroxylation is 1. The first kappa shape index (κ1) is 18.0. The number of halogens is 1. The Balaban J connectivity index is 2.21. The first-order valence-electron chi connectivity index (χ1n) is 7.55. The molecule has 1 amide bonds. The largest absolute Gasteiger partial charge is 0.463 e. The van der Waals surface area contributed by atoms with Gasteiger partial charge < -0.3 is 14.6 Å². The second-order valence-corrected chi connectivity index (χ2v) is 6.02. The zero-order valence-corrected chi connectivity index (χ0v) is 14.5. The first-order valence-corrected chi connectivity index (χ1v) is 7.92. The van der Waals surface area contributed by atoms with E-state index < -0.39 is 17.9 Å². The summed E-state index contributed by atoms with van der Waals surface area (Å²) in [5.74, 6) is -0.352. The monoisotopic (exact) mass is 350 g/mol. The molecule has 24 heavy (non-hydrogen) atoms. The van der Waals surface area contributed by atoms with Crippen LogP contribution in [-0.4, -0.2) is 23.1 Å². The van der Waals surface area contributed by atoms with Crippen LogP contribution in [0.1, 0.15) is 48.1 Å². The lowest BCUT2D eigenvalue weighted by Gasteiger charge is -2.19. The van der Waals surface area contributed by atoms with Crippen molar-refractivity contribution >= 4 is 23.5 Å². The van der Waals surface area contributed by atoms with Gasteiger partial charge in [-0.2, -0.15) is 0 Å². The number of esters is 1. The zero-order chi connectivity index (χ0) is 17.7. The van der Waals surface area contributed by atoms with E-state index in [0.717, 1.165) is 0 Å². The average Bonchev–Trinajstić information content (AvgIpc) is 2.93. The van der Waals surface area contributed by atoms with E-state index in [2.05, 4.69) is 10.5 Å². The zero-order valence-electron chi connectivity index (χ0n) is 13.7. The molecule has 0 aliphatic carbocycles. The third-order valence-electron chi connectivity index (χ3n) is 3.18. The van der Waals surface area contributed by atoms with Crippen molar-refractivity contribution in [3.8, 4) is 0 Å². The molecule has 0 saturated carbocycles. The van der Waals surface area contributed by atoms with Crippen molar-refractivity contribution in [2.45, 2.75) is 39.3 Å². The fraction of sp³-hybridized carbons (Fsp3) is 0.353. The summed E-state index contributed by atoms with van der Waals surface area (Å²) in [6.07, 6.45) is -0.275. The molecule has 0 saturated heterocycles. The van der Waals surface area contributed by atoms with Gasteiger partial charge in [0, 0.05) is 11.1 Å². The van der Waals surface area contributed by atoms with E-state index in [9.17, 15) is 9.59 Å². The smallest absolute Gasteiger partial charge is 0.308 e. The molecule has 0 bridgehead atoms. The normalized spacial score (nSPS) is 12.0. The number of ether oxygens (including phenoxy) is 1. The highest BCUT2D eigenvalue weighted by Gasteiger charge is 2.23. The summed E-state index contributed by atoms with van der Waals surface area (Å²) in [7, 11) is 0. The van der Waals surface area contributed by atoms with Gasteiger partial charge in [-0.15, -0.1) is 0 Å². The molecule has 1 heterocycles. The molecule has 128 valence electrons. The van der Waals surface area contributed by atoms with Crippen LogP contribution in [0.5, 0.6) is 0 Å². The maximum Gasteiger partial charge on any atom is 0.308 e. The molecular weight excluding hydrogens is 332 g/mol. The average molecular weight is 351 g/mol. The molecule has 0 aliphatic rings. The van der Waals surface area contributed by atoms with Gasteiger partial charge in [-0.1, -0.05) is 35.0 Å². The number of carbonyl (C=O) groups excluding carboxylic acids is 2. The summed E-state index contributed by atoms with van der Waals surface area (Å²) in [5.41, 5.74) is 0.773. The maximum absolute atomic E-state index is 12.3. The van der Waals surface area contributed by atoms with Crippen LogP contribution in [0.2, 0.25) is 5.02 Å². The van der Waals surface area contributed by atoms with Gasteiger partial charge in [0.1, 0.15) is 5.76 Å². The minimum Gasteiger partial charge on any atom is -0.463 e. The van der Waals surface area contributed by atoms with E-state index in [1.165, 1.54) is 6.07 Å². The number of aromatic nitrogens is 1. The topological polar surface area (TPSA) is 81.4 Å². The van der Waals surface area contributed by atoms with E-state index in [0.29, 0.717) is 16.3 Å². The molecule has 0 fully saturated rings. The van der Waals surface area contributed by atoms with Crippen molar-refractivity contribution in [1.29, 1.82) is 0 Å². The van der Waals surface area contributed by atoms with Crippen molar-refractivity contribution in [3.63, 3.8) is 0 Å². The van der Waals surface area contributed by atoms with Gasteiger partial charge in [-0.05, 0) is 32.4 Å². The van der Waals surface area contributed by atoms with Gasteiger partial charge in [0.05, 0.1) is 18.6 Å². The highest BCUT2D eigenvalue weighted by atomic mass is 35.5. The highest BCUT2D eigenvalue weighted by molar-refractivity contribution is 6.31. The van der Waals surface area contributed by atoms with E-state index in [1.807, 2.05) is 0 Å². The van der Waals surface area contributed by atoms with Gasteiger partial charge in [0.25, 0.3) is 5.91 Å². The number of benzene rings is 1. The van der Waals surface area contributed by atoms with Crippen LogP contribution < -0.4 is 5.32 Å². The number of carbonyl (C=O) groups is 2. The van der Waals surface area contributed by atoms with E-state index in [1.54, 1.807) is 45.0 Å². The van der Waals surface area contributed by atoms with Crippen LogP contribution in [0, 0.1) is 6.92 Å². The van der Waals surface area contributed by atoms with E-state index >= 15 is 0 Å². The fourth-order valence-electron chi connectivity index (χ4n) is 2.18. The molecule has 0 spiro atoms. The van der Waals surface area contributed by atoms with Gasteiger partial charge >= 0.3 is 5.97 Å². The predicted octanol–water partition coefficient (Wildman–Crippen LogP) is 3.45. The Bertz CT molecular complexity index is 727. The van der Waals surface area contributed by atoms with E-state index in [-0.39, 0.29) is 18.2 Å². The number of hydrogen-bond donors (Lipinski definition) is 1. The number of nitrogens with zero attached hydrogens (tertiary/aromatic N) is 1. The molecule has 7 heteroatoms. The molecule has 0 unspecified atom stereocenters. The number of rotatable bonds is 6. The van der Waals surface area contributed by atoms with Crippen LogP contribution >= 0.6 is 11.6 Å². The summed E-state index contributed by atoms with van der Waals surface area (Å²) in [6, 6.07) is 7.90. The lowest BCUT2D eigenvalue weighted by molar-refractivity contribution is -0.147. The lowest BCUT2D eigenvalue weighted by atomic mass is 10.0. The lowest BCUT2D eigenvalue weighted by Crippen LogP contribution is -2.31. The SMILES string of the molecule is Cc1cc(C(=O)N[C@@H](CC(=O)OC(C)C)c2ccccc2Cl)no1. The maximum atomic E-state index is 12.3. The summed E-state index contributed by atoms with van der Waals surface area (Å²) >= 11 is 6.20. The van der Waals surface area contributed by atoms with Crippen molar-refractivity contribution in [1.82, 2.24) is 10.5 Å². The molecule has 0 radical (unpaired) electrons. The summed E-state index contributed by atoms with van der Waals surface area (Å²) < 4.78 is 10.1. The van der Waals surface area contributed by atoms with Crippen molar-refractivity contribution < 1.29 is 18.8 Å². The van der Waals surface area contributed by atoms with Crippen LogP contribution in [0.4, 0.5) is 0 Å². The van der Waals surface area contributed by atoms with Crippen molar-refractivity contribution in [2.75, 3.05) is 0 Å². The van der Waals surface area contributed by atoms with Crippen LogP contribution in [-0.2, 0) is 9.53 Å². The molecule has 1 aromatic heterocycles. The Morgan fingerprint density at radius 2 is 2.04 bits per heavy atom. The Morgan fingerprint density at radius 1 is 1.33 bits per heavy atom. The van der Waals surface area contributed by atoms with Crippen LogP contribution in [0.25, 0.3) is 0 Å². The van der Waals surface area contributed by atoms with Gasteiger partial charge in [0.15, 0.2) is 5.69 Å². The second-order valence-electron chi connectivity index (χ2n) is 5.61. The molecule has 2 aromatic rings.